The van der Waals surface area contributed by atoms with Gasteiger partial charge in [0.05, 0.1) is 6.10 Å². The summed E-state index contributed by atoms with van der Waals surface area (Å²) in [5.41, 5.74) is 0. The summed E-state index contributed by atoms with van der Waals surface area (Å²) in [6.07, 6.45) is 2.38. The van der Waals surface area contributed by atoms with Crippen molar-refractivity contribution >= 4 is 43.1 Å². The average molecular weight is 398 g/mol. The SMILES string of the molecule is CC(C)(C)[Si](C)(C)O[C@@H](COc1c(Cl)nc(Cl)nc1Cl)C1CC1. The third-order valence-electron chi connectivity index (χ3n) is 4.55. The number of rotatable bonds is 6. The molecule has 8 heteroatoms. The van der Waals surface area contributed by atoms with Gasteiger partial charge in [0.2, 0.25) is 5.28 Å². The van der Waals surface area contributed by atoms with Gasteiger partial charge in [-0.1, -0.05) is 44.0 Å². The molecule has 0 N–H and O–H groups in total. The van der Waals surface area contributed by atoms with Crippen LogP contribution in [0.5, 0.6) is 5.75 Å². The fourth-order valence-electron chi connectivity index (χ4n) is 1.95. The van der Waals surface area contributed by atoms with Crippen molar-refractivity contribution < 1.29 is 9.16 Å². The first kappa shape index (κ1) is 19.3. The van der Waals surface area contributed by atoms with Gasteiger partial charge >= 0.3 is 0 Å². The second-order valence-electron chi connectivity index (χ2n) is 7.47. The van der Waals surface area contributed by atoms with Crippen LogP contribution in [0.1, 0.15) is 33.6 Å². The highest BCUT2D eigenvalue weighted by molar-refractivity contribution is 6.74. The van der Waals surface area contributed by atoms with Gasteiger partial charge in [0.25, 0.3) is 0 Å². The van der Waals surface area contributed by atoms with Crippen molar-refractivity contribution in [1.29, 1.82) is 0 Å². The lowest BCUT2D eigenvalue weighted by atomic mass is 10.2. The molecule has 0 radical (unpaired) electrons. The Balaban J connectivity index is 2.07. The van der Waals surface area contributed by atoms with Gasteiger partial charge in [-0.15, -0.1) is 0 Å². The van der Waals surface area contributed by atoms with Crippen molar-refractivity contribution in [3.63, 3.8) is 0 Å². The Kier molecular flexibility index (Phi) is 5.90. The molecule has 0 amide bonds. The second-order valence-corrected chi connectivity index (χ2v) is 13.3. The van der Waals surface area contributed by atoms with Crippen LogP contribution in [0.3, 0.4) is 0 Å². The molecule has 1 aromatic heterocycles. The monoisotopic (exact) mass is 396 g/mol. The van der Waals surface area contributed by atoms with Gasteiger partial charge in [0.1, 0.15) is 6.61 Å². The zero-order valence-corrected chi connectivity index (χ0v) is 17.4. The number of halogens is 3. The van der Waals surface area contributed by atoms with Crippen molar-refractivity contribution in [3.8, 4) is 5.75 Å². The molecule has 2 rings (SSSR count). The van der Waals surface area contributed by atoms with Crippen LogP contribution in [0, 0.1) is 5.92 Å². The van der Waals surface area contributed by atoms with E-state index in [1.54, 1.807) is 0 Å². The standard InChI is InChI=1S/C15H23Cl3N2O2Si/c1-15(2,3)23(4,5)22-10(9-6-7-9)8-21-11-12(16)19-14(18)20-13(11)17/h9-10H,6-8H2,1-5H3/t10-/m0/s1. The van der Waals surface area contributed by atoms with E-state index >= 15 is 0 Å². The maximum Gasteiger partial charge on any atom is 0.225 e. The van der Waals surface area contributed by atoms with E-state index < -0.39 is 8.32 Å². The lowest BCUT2D eigenvalue weighted by molar-refractivity contribution is 0.0972. The van der Waals surface area contributed by atoms with Gasteiger partial charge in [0, 0.05) is 0 Å². The molecule has 0 saturated heterocycles. The number of hydrogen-bond donors (Lipinski definition) is 0. The molecule has 1 atom stereocenters. The molecule has 23 heavy (non-hydrogen) atoms. The number of nitrogens with zero attached hydrogens (tertiary/aromatic N) is 2. The van der Waals surface area contributed by atoms with Crippen LogP contribution in [0.25, 0.3) is 0 Å². The molecule has 1 fully saturated rings. The Hall–Kier alpha value is -0.0731. The lowest BCUT2D eigenvalue weighted by Crippen LogP contribution is -2.46. The van der Waals surface area contributed by atoms with Gasteiger partial charge < -0.3 is 9.16 Å². The van der Waals surface area contributed by atoms with Gasteiger partial charge in [0.15, 0.2) is 24.4 Å². The first-order valence-electron chi connectivity index (χ1n) is 7.70. The number of hydrogen-bond acceptors (Lipinski definition) is 4. The minimum Gasteiger partial charge on any atom is -0.485 e. The van der Waals surface area contributed by atoms with Crippen molar-refractivity contribution in [1.82, 2.24) is 9.97 Å². The second kappa shape index (κ2) is 7.04. The molecule has 4 nitrogen and oxygen atoms in total. The Bertz CT molecular complexity index is 551. The van der Waals surface area contributed by atoms with E-state index in [1.165, 1.54) is 12.8 Å². The summed E-state index contributed by atoms with van der Waals surface area (Å²) in [5.74, 6) is 0.803. The summed E-state index contributed by atoms with van der Waals surface area (Å²) in [6, 6.07) is 0. The van der Waals surface area contributed by atoms with Crippen LogP contribution >= 0.6 is 34.8 Å². The third-order valence-corrected chi connectivity index (χ3v) is 9.73. The van der Waals surface area contributed by atoms with Crippen LogP contribution in [0.15, 0.2) is 0 Å². The highest BCUT2D eigenvalue weighted by atomic mass is 35.5. The van der Waals surface area contributed by atoms with Crippen molar-refractivity contribution in [2.24, 2.45) is 5.92 Å². The maximum absolute atomic E-state index is 6.51. The minimum absolute atomic E-state index is 0.00335. The number of aromatic nitrogens is 2. The molecule has 0 bridgehead atoms. The zero-order valence-electron chi connectivity index (χ0n) is 14.1. The Morgan fingerprint density at radius 3 is 2.09 bits per heavy atom. The Labute approximate surface area is 154 Å². The molecular formula is C15H23Cl3N2O2Si. The molecule has 1 saturated carbocycles. The Morgan fingerprint density at radius 2 is 1.65 bits per heavy atom. The number of ether oxygens (including phenoxy) is 1. The highest BCUT2D eigenvalue weighted by Crippen LogP contribution is 2.42. The van der Waals surface area contributed by atoms with Crippen LogP contribution < -0.4 is 4.74 Å². The summed E-state index contributed by atoms with van der Waals surface area (Å²) in [5, 5.41) is 0.399. The van der Waals surface area contributed by atoms with Gasteiger partial charge in [-0.25, -0.2) is 9.97 Å². The van der Waals surface area contributed by atoms with E-state index in [9.17, 15) is 0 Å². The maximum atomic E-state index is 6.51. The molecule has 0 aromatic carbocycles. The molecular weight excluding hydrogens is 375 g/mol. The predicted octanol–water partition coefficient (Wildman–Crippen LogP) is 5.62. The zero-order chi connectivity index (χ0) is 17.4. The van der Waals surface area contributed by atoms with Gasteiger partial charge in [-0.3, -0.25) is 0 Å². The molecule has 0 unspecified atom stereocenters. The summed E-state index contributed by atoms with van der Waals surface area (Å²) >= 11 is 17.8. The quantitative estimate of drug-likeness (QED) is 0.355. The van der Waals surface area contributed by atoms with Crippen LogP contribution in [-0.2, 0) is 4.43 Å². The molecule has 1 aliphatic rings. The van der Waals surface area contributed by atoms with E-state index in [0.717, 1.165) is 0 Å². The molecule has 1 heterocycles. The normalized spacial score (nSPS) is 17.2. The Morgan fingerprint density at radius 1 is 1.13 bits per heavy atom. The minimum atomic E-state index is -1.86. The predicted molar refractivity (Wildman–Crippen MR) is 97.4 cm³/mol. The van der Waals surface area contributed by atoms with E-state index in [0.29, 0.717) is 12.5 Å². The molecule has 1 aromatic rings. The fraction of sp³-hybridized carbons (Fsp3) is 0.733. The van der Waals surface area contributed by atoms with Crippen molar-refractivity contribution in [2.45, 2.75) is 57.8 Å². The van der Waals surface area contributed by atoms with Gasteiger partial charge in [-0.05, 0) is 48.5 Å². The van der Waals surface area contributed by atoms with Crippen molar-refractivity contribution in [3.05, 3.63) is 15.6 Å². The lowest BCUT2D eigenvalue weighted by Gasteiger charge is -2.39. The largest absolute Gasteiger partial charge is 0.485 e. The summed E-state index contributed by atoms with van der Waals surface area (Å²) < 4.78 is 12.3. The summed E-state index contributed by atoms with van der Waals surface area (Å²) in [4.78, 5) is 7.73. The average Bonchev–Trinajstić information content (AvgIpc) is 3.18. The fourth-order valence-corrected chi connectivity index (χ4v) is 4.07. The van der Waals surface area contributed by atoms with Crippen molar-refractivity contribution in [2.75, 3.05) is 6.61 Å². The first-order chi connectivity index (χ1) is 10.5. The summed E-state index contributed by atoms with van der Waals surface area (Å²) in [6.45, 7) is 11.6. The topological polar surface area (TPSA) is 44.2 Å². The van der Waals surface area contributed by atoms with E-state index in [4.69, 9.17) is 44.0 Å². The highest BCUT2D eigenvalue weighted by Gasteiger charge is 2.43. The smallest absolute Gasteiger partial charge is 0.225 e. The third kappa shape index (κ3) is 4.95. The molecule has 130 valence electrons. The summed E-state index contributed by atoms with van der Waals surface area (Å²) in [7, 11) is -1.86. The van der Waals surface area contributed by atoms with E-state index in [-0.39, 0.29) is 32.5 Å². The van der Waals surface area contributed by atoms with Gasteiger partial charge in [-0.2, -0.15) is 0 Å². The molecule has 0 aliphatic heterocycles. The molecule has 0 spiro atoms. The van der Waals surface area contributed by atoms with E-state index in [2.05, 4.69) is 43.8 Å². The van der Waals surface area contributed by atoms with E-state index in [1.807, 2.05) is 0 Å². The van der Waals surface area contributed by atoms with Crippen LogP contribution in [0.2, 0.25) is 33.7 Å². The van der Waals surface area contributed by atoms with Crippen LogP contribution in [0.4, 0.5) is 0 Å². The first-order valence-corrected chi connectivity index (χ1v) is 11.7. The molecule has 1 aliphatic carbocycles. The van der Waals surface area contributed by atoms with Crippen LogP contribution in [-0.4, -0.2) is 31.0 Å².